The van der Waals surface area contributed by atoms with Crippen molar-refractivity contribution >= 4 is 38.1 Å². The molecule has 1 rings (SSSR count). The van der Waals surface area contributed by atoms with Crippen molar-refractivity contribution in [2.75, 3.05) is 14.2 Å². The Labute approximate surface area is 90.6 Å². The molecule has 0 saturated heterocycles. The summed E-state index contributed by atoms with van der Waals surface area (Å²) in [4.78, 5) is 4.01. The van der Waals surface area contributed by atoms with Crippen LogP contribution in [0.5, 0.6) is 11.8 Å². The summed E-state index contributed by atoms with van der Waals surface area (Å²) in [6.45, 7) is 0. The van der Waals surface area contributed by atoms with E-state index in [0.717, 1.165) is 4.43 Å². The Hall–Kier alpha value is -0.185. The summed E-state index contributed by atoms with van der Waals surface area (Å²) < 4.78 is 10.9. The molecule has 0 fully saturated rings. The fraction of sp³-hybridized carbons (Fsp3) is 0.286. The Morgan fingerprint density at radius 1 is 1.17 bits per heavy atom. The molecule has 0 aliphatic carbocycles. The van der Waals surface area contributed by atoms with E-state index in [0.29, 0.717) is 11.8 Å². The molecule has 0 unspecified atom stereocenters. The zero-order valence-electron chi connectivity index (χ0n) is 7.07. The van der Waals surface area contributed by atoms with Crippen LogP contribution in [0.4, 0.5) is 0 Å². The average Bonchev–Trinajstić information content (AvgIpc) is 2.03. The van der Waals surface area contributed by atoms with Gasteiger partial charge in [-0.05, 0) is 12.1 Å². The van der Waals surface area contributed by atoms with Gasteiger partial charge >= 0.3 is 0 Å². The predicted octanol–water partition coefficient (Wildman–Crippen LogP) is -0.488. The first-order valence-corrected chi connectivity index (χ1v) is 3.69. The third-order valence-corrected chi connectivity index (χ3v) is 1.55. The lowest BCUT2D eigenvalue weighted by molar-refractivity contribution is 0.365. The van der Waals surface area contributed by atoms with Crippen LogP contribution in [0.3, 0.4) is 0 Å². The summed E-state index contributed by atoms with van der Waals surface area (Å²) in [5.74, 6) is 1.13. The second-order valence-corrected chi connectivity index (χ2v) is 2.65. The largest absolute Gasteiger partial charge is 0.481 e. The maximum Gasteiger partial charge on any atom is 0.214 e. The van der Waals surface area contributed by atoms with Gasteiger partial charge in [0.05, 0.1) is 14.2 Å². The molecule has 3 nitrogen and oxygen atoms in total. The molecule has 0 amide bonds. The van der Waals surface area contributed by atoms with Gasteiger partial charge in [0.1, 0.15) is 0 Å². The summed E-state index contributed by atoms with van der Waals surface area (Å²) in [7, 11) is 3.15. The lowest BCUT2D eigenvalue weighted by Gasteiger charge is -2.03. The van der Waals surface area contributed by atoms with Crippen LogP contribution in [0.2, 0.25) is 0 Å². The molecule has 0 aromatic carbocycles. The quantitative estimate of drug-likeness (QED) is 0.592. The molecular formula is C7H8Al2NO2. The SMILES string of the molecule is COc1c[c]([Al])cc(OC)n1.[Al]. The van der Waals surface area contributed by atoms with Crippen LogP contribution in [0.1, 0.15) is 0 Å². The van der Waals surface area contributed by atoms with Crippen molar-refractivity contribution in [2.24, 2.45) is 0 Å². The van der Waals surface area contributed by atoms with Crippen molar-refractivity contribution in [1.29, 1.82) is 0 Å². The van der Waals surface area contributed by atoms with Gasteiger partial charge < -0.3 is 9.47 Å². The van der Waals surface area contributed by atoms with Crippen molar-refractivity contribution in [3.05, 3.63) is 12.1 Å². The number of pyridine rings is 1. The number of nitrogens with zero attached hydrogens (tertiary/aromatic N) is 1. The molecule has 5 heteroatoms. The first-order chi connectivity index (χ1) is 5.26. The normalized spacial score (nSPS) is 8.50. The molecule has 0 bridgehead atoms. The van der Waals surface area contributed by atoms with Gasteiger partial charge in [-0.2, -0.15) is 4.98 Å². The van der Waals surface area contributed by atoms with Gasteiger partial charge in [0, 0.05) is 17.4 Å². The number of rotatable bonds is 2. The molecule has 1 aromatic rings. The topological polar surface area (TPSA) is 31.4 Å². The number of ether oxygens (including phenoxy) is 2. The summed E-state index contributed by atoms with van der Waals surface area (Å²) in [5.41, 5.74) is 0. The van der Waals surface area contributed by atoms with E-state index in [2.05, 4.69) is 21.3 Å². The molecule has 0 aliphatic heterocycles. The van der Waals surface area contributed by atoms with Crippen molar-refractivity contribution in [3.8, 4) is 11.8 Å². The lowest BCUT2D eigenvalue weighted by Crippen LogP contribution is -2.05. The van der Waals surface area contributed by atoms with Gasteiger partial charge in [-0.15, -0.1) is 4.43 Å². The van der Waals surface area contributed by atoms with Crippen LogP contribution in [0.25, 0.3) is 0 Å². The van der Waals surface area contributed by atoms with E-state index in [1.807, 2.05) is 12.1 Å². The lowest BCUT2D eigenvalue weighted by atomic mass is 10.4. The Bertz CT molecular complexity index is 233. The predicted molar refractivity (Wildman–Crippen MR) is 48.5 cm³/mol. The summed E-state index contributed by atoms with van der Waals surface area (Å²) in [5, 5.41) is 0. The Morgan fingerprint density at radius 2 is 1.58 bits per heavy atom. The summed E-state index contributed by atoms with van der Waals surface area (Å²) in [6.07, 6.45) is 0. The number of aromatic nitrogens is 1. The van der Waals surface area contributed by atoms with Crippen LogP contribution >= 0.6 is 0 Å². The van der Waals surface area contributed by atoms with Gasteiger partial charge in [-0.3, -0.25) is 0 Å². The second kappa shape index (κ2) is 5.46. The monoisotopic (exact) mass is 192 g/mol. The van der Waals surface area contributed by atoms with E-state index in [-0.39, 0.29) is 17.4 Å². The van der Waals surface area contributed by atoms with Crippen molar-refractivity contribution in [1.82, 2.24) is 4.98 Å². The zero-order valence-corrected chi connectivity index (χ0v) is 9.38. The minimum absolute atomic E-state index is 0. The minimum atomic E-state index is 0. The highest BCUT2D eigenvalue weighted by atomic mass is 27.0. The molecule has 1 aromatic heterocycles. The first kappa shape index (κ1) is 11.8. The van der Waals surface area contributed by atoms with Crippen molar-refractivity contribution in [2.45, 2.75) is 0 Å². The van der Waals surface area contributed by atoms with Gasteiger partial charge in [0.15, 0.2) is 16.3 Å². The molecule has 5 radical (unpaired) electrons. The highest BCUT2D eigenvalue weighted by Gasteiger charge is 1.97. The maximum atomic E-state index is 4.93. The molecule has 0 N–H and O–H groups in total. The smallest absolute Gasteiger partial charge is 0.214 e. The van der Waals surface area contributed by atoms with Crippen LogP contribution in [0, 0.1) is 0 Å². The standard InChI is InChI=1S/C7H8NO2.2Al/c1-9-6-4-3-5-7(8-6)10-2;;/h4-5H,1-2H3;;. The molecule has 1 heterocycles. The molecule has 0 spiro atoms. The third-order valence-electron chi connectivity index (χ3n) is 1.22. The molecule has 0 saturated carbocycles. The Balaban J connectivity index is 0.00000121. The maximum absolute atomic E-state index is 4.93. The minimum Gasteiger partial charge on any atom is -0.481 e. The molecule has 0 aliphatic rings. The Morgan fingerprint density at radius 3 is 1.92 bits per heavy atom. The van der Waals surface area contributed by atoms with Crippen LogP contribution < -0.4 is 13.9 Å². The van der Waals surface area contributed by atoms with Gasteiger partial charge in [0.25, 0.3) is 0 Å². The molecule has 59 valence electrons. The molecule has 0 atom stereocenters. The fourth-order valence-electron chi connectivity index (χ4n) is 0.709. The van der Waals surface area contributed by atoms with E-state index < -0.39 is 0 Å². The third kappa shape index (κ3) is 3.05. The molecular weight excluding hydrogens is 184 g/mol. The molecule has 12 heavy (non-hydrogen) atoms. The number of hydrogen-bond donors (Lipinski definition) is 0. The van der Waals surface area contributed by atoms with Gasteiger partial charge in [0.2, 0.25) is 11.8 Å². The fourth-order valence-corrected chi connectivity index (χ4v) is 0.994. The van der Waals surface area contributed by atoms with E-state index in [1.54, 1.807) is 14.2 Å². The highest BCUT2D eigenvalue weighted by Crippen LogP contribution is 2.09. The number of methoxy groups -OCH3 is 2. The average molecular weight is 192 g/mol. The van der Waals surface area contributed by atoms with E-state index in [1.165, 1.54) is 0 Å². The summed E-state index contributed by atoms with van der Waals surface area (Å²) >= 11 is 2.56. The second-order valence-electron chi connectivity index (χ2n) is 1.99. The van der Waals surface area contributed by atoms with Crippen molar-refractivity contribution < 1.29 is 9.47 Å². The van der Waals surface area contributed by atoms with Gasteiger partial charge in [-0.25, -0.2) is 0 Å². The van der Waals surface area contributed by atoms with E-state index in [9.17, 15) is 0 Å². The van der Waals surface area contributed by atoms with Crippen LogP contribution in [-0.4, -0.2) is 52.9 Å². The highest BCUT2D eigenvalue weighted by molar-refractivity contribution is 6.32. The van der Waals surface area contributed by atoms with E-state index in [4.69, 9.17) is 9.47 Å². The van der Waals surface area contributed by atoms with Crippen molar-refractivity contribution in [3.63, 3.8) is 0 Å². The van der Waals surface area contributed by atoms with Crippen LogP contribution in [-0.2, 0) is 0 Å². The zero-order chi connectivity index (χ0) is 8.27. The number of hydrogen-bond acceptors (Lipinski definition) is 3. The Kier molecular flexibility index (Phi) is 5.37. The first-order valence-electron chi connectivity index (χ1n) is 3.12. The van der Waals surface area contributed by atoms with Crippen LogP contribution in [0.15, 0.2) is 12.1 Å². The van der Waals surface area contributed by atoms with E-state index >= 15 is 0 Å². The van der Waals surface area contributed by atoms with Gasteiger partial charge in [-0.1, -0.05) is 0 Å². The summed E-state index contributed by atoms with van der Waals surface area (Å²) in [6, 6.07) is 3.63.